The van der Waals surface area contributed by atoms with Gasteiger partial charge in [-0.05, 0) is 37.0 Å². The molecule has 2 rings (SSSR count). The second-order valence-corrected chi connectivity index (χ2v) is 5.86. The number of aliphatic imine (C=N–C) groups is 1. The lowest BCUT2D eigenvalue weighted by Gasteiger charge is -2.14. The number of benzene rings is 1. The molecule has 0 aromatic heterocycles. The summed E-state index contributed by atoms with van der Waals surface area (Å²) in [6.45, 7) is 2.35. The van der Waals surface area contributed by atoms with Crippen molar-refractivity contribution < 1.29 is 4.74 Å². The highest BCUT2D eigenvalue weighted by Crippen LogP contribution is 2.20. The summed E-state index contributed by atoms with van der Waals surface area (Å²) in [4.78, 5) is 4.20. The van der Waals surface area contributed by atoms with Crippen LogP contribution in [0.15, 0.2) is 23.2 Å². The molecule has 0 radical (unpaired) electrons. The van der Waals surface area contributed by atoms with Crippen molar-refractivity contribution in [3.05, 3.63) is 33.8 Å². The number of ether oxygens (including phenoxy) is 1. The molecule has 1 fully saturated rings. The van der Waals surface area contributed by atoms with Crippen LogP contribution in [0.1, 0.15) is 24.8 Å². The first kappa shape index (κ1) is 16.4. The summed E-state index contributed by atoms with van der Waals surface area (Å²) in [6.07, 6.45) is 3.73. The number of hydrogen-bond acceptors (Lipinski definition) is 2. The van der Waals surface area contributed by atoms with Gasteiger partial charge in [0.1, 0.15) is 0 Å². The average molecular weight is 330 g/mol. The van der Waals surface area contributed by atoms with Crippen LogP contribution in [0.2, 0.25) is 10.0 Å². The summed E-state index contributed by atoms with van der Waals surface area (Å²) in [5, 5.41) is 7.83. The Balaban J connectivity index is 1.74. The fourth-order valence-electron chi connectivity index (χ4n) is 2.29. The fraction of sp³-hybridized carbons (Fsp3) is 0.533. The zero-order valence-electron chi connectivity index (χ0n) is 12.2. The molecule has 1 aromatic rings. The van der Waals surface area contributed by atoms with E-state index in [9.17, 15) is 0 Å². The van der Waals surface area contributed by atoms with E-state index >= 15 is 0 Å². The molecule has 2 N–H and O–H groups in total. The third kappa shape index (κ3) is 5.38. The van der Waals surface area contributed by atoms with E-state index in [-0.39, 0.29) is 0 Å². The van der Waals surface area contributed by atoms with Gasteiger partial charge in [0.05, 0.1) is 6.10 Å². The molecule has 4 nitrogen and oxygen atoms in total. The Hall–Kier alpha value is -0.970. The molecule has 21 heavy (non-hydrogen) atoms. The minimum atomic E-state index is 0.390. The predicted molar refractivity (Wildman–Crippen MR) is 88.3 cm³/mol. The molecule has 0 amide bonds. The topological polar surface area (TPSA) is 45.7 Å². The number of guanidine groups is 1. The molecule has 1 aliphatic rings. The van der Waals surface area contributed by atoms with Crippen LogP contribution >= 0.6 is 23.2 Å². The molecule has 1 heterocycles. The SMILES string of the molecule is CN=C(NCCC1CCCO1)NCc1ccc(Cl)cc1Cl. The maximum atomic E-state index is 6.15. The third-order valence-corrected chi connectivity index (χ3v) is 4.05. The van der Waals surface area contributed by atoms with Gasteiger partial charge in [-0.15, -0.1) is 0 Å². The molecule has 6 heteroatoms. The quantitative estimate of drug-likeness (QED) is 0.644. The van der Waals surface area contributed by atoms with Crippen LogP contribution in [0, 0.1) is 0 Å². The third-order valence-electron chi connectivity index (χ3n) is 3.47. The van der Waals surface area contributed by atoms with Crippen LogP contribution in [-0.4, -0.2) is 32.3 Å². The largest absolute Gasteiger partial charge is 0.378 e. The van der Waals surface area contributed by atoms with Gasteiger partial charge < -0.3 is 15.4 Å². The Bertz CT molecular complexity index is 488. The lowest BCUT2D eigenvalue weighted by Crippen LogP contribution is -2.38. The van der Waals surface area contributed by atoms with Crippen molar-refractivity contribution in [2.24, 2.45) is 4.99 Å². The Kier molecular flexibility index (Phi) is 6.61. The molecular weight excluding hydrogens is 309 g/mol. The summed E-state index contributed by atoms with van der Waals surface area (Å²) in [5.41, 5.74) is 0.989. The van der Waals surface area contributed by atoms with E-state index in [1.807, 2.05) is 12.1 Å². The van der Waals surface area contributed by atoms with Crippen LogP contribution in [0.5, 0.6) is 0 Å². The van der Waals surface area contributed by atoms with E-state index in [2.05, 4.69) is 15.6 Å². The van der Waals surface area contributed by atoms with Gasteiger partial charge in [0.15, 0.2) is 5.96 Å². The summed E-state index contributed by atoms with van der Waals surface area (Å²) in [6, 6.07) is 5.49. The van der Waals surface area contributed by atoms with Crippen molar-refractivity contribution in [3.63, 3.8) is 0 Å². The van der Waals surface area contributed by atoms with Crippen LogP contribution in [-0.2, 0) is 11.3 Å². The molecular formula is C15H21Cl2N3O. The highest BCUT2D eigenvalue weighted by Gasteiger charge is 2.14. The molecule has 0 saturated carbocycles. The van der Waals surface area contributed by atoms with Crippen molar-refractivity contribution in [1.29, 1.82) is 0 Å². The summed E-state index contributed by atoms with van der Waals surface area (Å²) >= 11 is 12.0. The van der Waals surface area contributed by atoms with Gasteiger partial charge in [0.2, 0.25) is 0 Å². The molecule has 1 aliphatic heterocycles. The first-order valence-electron chi connectivity index (χ1n) is 7.19. The van der Waals surface area contributed by atoms with Crippen molar-refractivity contribution in [2.75, 3.05) is 20.2 Å². The van der Waals surface area contributed by atoms with Crippen molar-refractivity contribution in [2.45, 2.75) is 31.9 Å². The maximum Gasteiger partial charge on any atom is 0.191 e. The zero-order valence-corrected chi connectivity index (χ0v) is 13.7. The van der Waals surface area contributed by atoms with Gasteiger partial charge in [0.25, 0.3) is 0 Å². The van der Waals surface area contributed by atoms with E-state index in [4.69, 9.17) is 27.9 Å². The Morgan fingerprint density at radius 1 is 1.38 bits per heavy atom. The number of rotatable bonds is 5. The second kappa shape index (κ2) is 8.47. The van der Waals surface area contributed by atoms with Crippen molar-refractivity contribution >= 4 is 29.2 Å². The van der Waals surface area contributed by atoms with E-state index in [1.165, 1.54) is 6.42 Å². The highest BCUT2D eigenvalue weighted by atomic mass is 35.5. The second-order valence-electron chi connectivity index (χ2n) is 5.01. The number of halogens is 2. The number of nitrogens with zero attached hydrogens (tertiary/aromatic N) is 1. The van der Waals surface area contributed by atoms with E-state index in [0.717, 1.165) is 37.5 Å². The van der Waals surface area contributed by atoms with Crippen LogP contribution in [0.4, 0.5) is 0 Å². The van der Waals surface area contributed by atoms with E-state index in [1.54, 1.807) is 13.1 Å². The van der Waals surface area contributed by atoms with Crippen LogP contribution < -0.4 is 10.6 Å². The molecule has 0 spiro atoms. The van der Waals surface area contributed by atoms with E-state index in [0.29, 0.717) is 22.7 Å². The lowest BCUT2D eigenvalue weighted by molar-refractivity contribution is 0.105. The number of nitrogens with one attached hydrogen (secondary N) is 2. The monoisotopic (exact) mass is 329 g/mol. The molecule has 116 valence electrons. The predicted octanol–water partition coefficient (Wildman–Crippen LogP) is 3.23. The van der Waals surface area contributed by atoms with Gasteiger partial charge in [0, 0.05) is 36.8 Å². The summed E-state index contributed by atoms with van der Waals surface area (Å²) in [7, 11) is 1.75. The molecule has 0 aliphatic carbocycles. The molecule has 1 aromatic carbocycles. The maximum absolute atomic E-state index is 6.15. The van der Waals surface area contributed by atoms with Gasteiger partial charge in [-0.2, -0.15) is 0 Å². The van der Waals surface area contributed by atoms with Crippen LogP contribution in [0.3, 0.4) is 0 Å². The minimum Gasteiger partial charge on any atom is -0.378 e. The van der Waals surface area contributed by atoms with E-state index < -0.39 is 0 Å². The fourth-order valence-corrected chi connectivity index (χ4v) is 2.76. The molecule has 0 bridgehead atoms. The van der Waals surface area contributed by atoms with Gasteiger partial charge in [-0.1, -0.05) is 29.3 Å². The van der Waals surface area contributed by atoms with Gasteiger partial charge in [-0.3, -0.25) is 4.99 Å². The molecule has 1 atom stereocenters. The molecule has 1 unspecified atom stereocenters. The minimum absolute atomic E-state index is 0.390. The Labute approximate surface area is 135 Å². The number of hydrogen-bond donors (Lipinski definition) is 2. The zero-order chi connectivity index (χ0) is 15.1. The average Bonchev–Trinajstić information content (AvgIpc) is 2.97. The van der Waals surface area contributed by atoms with Crippen molar-refractivity contribution in [1.82, 2.24) is 10.6 Å². The smallest absolute Gasteiger partial charge is 0.191 e. The summed E-state index contributed by atoms with van der Waals surface area (Å²) < 4.78 is 5.59. The first-order valence-corrected chi connectivity index (χ1v) is 7.94. The Morgan fingerprint density at radius 3 is 2.90 bits per heavy atom. The summed E-state index contributed by atoms with van der Waals surface area (Å²) in [5.74, 6) is 0.763. The Morgan fingerprint density at radius 2 is 2.24 bits per heavy atom. The standard InChI is InChI=1S/C15H21Cl2N3O/c1-18-15(19-7-6-13-3-2-8-21-13)20-10-11-4-5-12(16)9-14(11)17/h4-5,9,13H,2-3,6-8,10H2,1H3,(H2,18,19,20). The highest BCUT2D eigenvalue weighted by molar-refractivity contribution is 6.35. The molecule has 1 saturated heterocycles. The first-order chi connectivity index (χ1) is 10.2. The lowest BCUT2D eigenvalue weighted by atomic mass is 10.2. The van der Waals surface area contributed by atoms with Crippen molar-refractivity contribution in [3.8, 4) is 0 Å². The normalized spacial score (nSPS) is 18.8. The van der Waals surface area contributed by atoms with Gasteiger partial charge >= 0.3 is 0 Å². The van der Waals surface area contributed by atoms with Gasteiger partial charge in [-0.25, -0.2) is 0 Å². The van der Waals surface area contributed by atoms with Crippen LogP contribution in [0.25, 0.3) is 0 Å².